The maximum Gasteiger partial charge on any atom is 0.147 e. The zero-order chi connectivity index (χ0) is 12.4. The van der Waals surface area contributed by atoms with E-state index >= 15 is 0 Å². The smallest absolute Gasteiger partial charge is 0.147 e. The lowest BCUT2D eigenvalue weighted by atomic mass is 10.2. The van der Waals surface area contributed by atoms with Crippen LogP contribution in [0.5, 0.6) is 0 Å². The van der Waals surface area contributed by atoms with Crippen LogP contribution >= 0.6 is 11.6 Å². The summed E-state index contributed by atoms with van der Waals surface area (Å²) in [6.07, 6.45) is 4.51. The summed E-state index contributed by atoms with van der Waals surface area (Å²) in [6, 6.07) is 3.13. The van der Waals surface area contributed by atoms with Gasteiger partial charge in [-0.05, 0) is 38.3 Å². The largest absolute Gasteiger partial charge is 0.356 e. The predicted molar refractivity (Wildman–Crippen MR) is 72.6 cm³/mol. The Morgan fingerprint density at radius 2 is 2.24 bits per heavy atom. The first-order valence-electron chi connectivity index (χ1n) is 6.18. The molecule has 94 valence electrons. The van der Waals surface area contributed by atoms with E-state index in [1.807, 2.05) is 19.3 Å². The molecule has 1 saturated carbocycles. The third kappa shape index (κ3) is 3.33. The maximum absolute atomic E-state index is 6.27. The van der Waals surface area contributed by atoms with Crippen LogP contribution in [0.2, 0.25) is 5.02 Å². The van der Waals surface area contributed by atoms with E-state index in [-0.39, 0.29) is 0 Å². The summed E-state index contributed by atoms with van der Waals surface area (Å²) >= 11 is 6.27. The van der Waals surface area contributed by atoms with E-state index in [0.717, 1.165) is 22.9 Å². The van der Waals surface area contributed by atoms with Gasteiger partial charge in [0.15, 0.2) is 0 Å². The van der Waals surface area contributed by atoms with Gasteiger partial charge in [-0.3, -0.25) is 0 Å². The minimum absolute atomic E-state index is 0.399. The van der Waals surface area contributed by atoms with Crippen LogP contribution in [0.1, 0.15) is 32.3 Å². The number of nitrogens with zero attached hydrogens (tertiary/aromatic N) is 2. The van der Waals surface area contributed by atoms with Crippen LogP contribution in [0.15, 0.2) is 12.3 Å². The van der Waals surface area contributed by atoms with Crippen molar-refractivity contribution in [1.82, 2.24) is 10.3 Å². The minimum atomic E-state index is 0.399. The predicted octanol–water partition coefficient (Wildman–Crippen LogP) is 2.83. The Balaban J connectivity index is 2.04. The van der Waals surface area contributed by atoms with Crippen molar-refractivity contribution < 1.29 is 0 Å². The minimum Gasteiger partial charge on any atom is -0.356 e. The molecule has 0 unspecified atom stereocenters. The van der Waals surface area contributed by atoms with Crippen molar-refractivity contribution in [3.05, 3.63) is 22.8 Å². The molecule has 0 atom stereocenters. The van der Waals surface area contributed by atoms with Crippen LogP contribution < -0.4 is 10.2 Å². The second-order valence-electron chi connectivity index (χ2n) is 5.01. The van der Waals surface area contributed by atoms with Gasteiger partial charge in [0.2, 0.25) is 0 Å². The second-order valence-corrected chi connectivity index (χ2v) is 5.42. The van der Waals surface area contributed by atoms with E-state index in [4.69, 9.17) is 11.6 Å². The zero-order valence-electron chi connectivity index (χ0n) is 10.7. The Bertz CT molecular complexity index is 388. The van der Waals surface area contributed by atoms with E-state index in [0.29, 0.717) is 12.1 Å². The normalized spacial score (nSPS) is 15.4. The van der Waals surface area contributed by atoms with Gasteiger partial charge < -0.3 is 10.2 Å². The standard InChI is InChI=1S/C13H20ClN3/c1-9(2)17(3)13-12(14)6-10(8-16-13)7-15-11-4-5-11/h6,8-9,11,15H,4-5,7H2,1-3H3. The summed E-state index contributed by atoms with van der Waals surface area (Å²) in [6.45, 7) is 5.12. The molecular formula is C13H20ClN3. The lowest BCUT2D eigenvalue weighted by Gasteiger charge is -2.23. The quantitative estimate of drug-likeness (QED) is 0.875. The molecule has 1 aliphatic rings. The lowest BCUT2D eigenvalue weighted by Crippen LogP contribution is -2.27. The number of hydrogen-bond donors (Lipinski definition) is 1. The molecule has 0 saturated heterocycles. The molecular weight excluding hydrogens is 234 g/mol. The first-order valence-corrected chi connectivity index (χ1v) is 6.56. The first-order chi connectivity index (χ1) is 8.08. The fourth-order valence-electron chi connectivity index (χ4n) is 1.62. The van der Waals surface area contributed by atoms with Gasteiger partial charge in [0.05, 0.1) is 5.02 Å². The highest BCUT2D eigenvalue weighted by Gasteiger charge is 2.20. The summed E-state index contributed by atoms with van der Waals surface area (Å²) in [5, 5.41) is 4.19. The molecule has 0 aromatic carbocycles. The van der Waals surface area contributed by atoms with Gasteiger partial charge in [-0.2, -0.15) is 0 Å². The number of nitrogens with one attached hydrogen (secondary N) is 1. The molecule has 1 aliphatic carbocycles. The number of aromatic nitrogens is 1. The molecule has 17 heavy (non-hydrogen) atoms. The van der Waals surface area contributed by atoms with E-state index in [9.17, 15) is 0 Å². The van der Waals surface area contributed by atoms with Crippen molar-refractivity contribution >= 4 is 17.4 Å². The highest BCUT2D eigenvalue weighted by Crippen LogP contribution is 2.25. The first kappa shape index (κ1) is 12.7. The average Bonchev–Trinajstić information content (AvgIpc) is 3.09. The molecule has 0 radical (unpaired) electrons. The topological polar surface area (TPSA) is 28.2 Å². The van der Waals surface area contributed by atoms with Crippen molar-refractivity contribution in [3.8, 4) is 0 Å². The van der Waals surface area contributed by atoms with E-state index in [1.165, 1.54) is 12.8 Å². The van der Waals surface area contributed by atoms with Gasteiger partial charge in [0.1, 0.15) is 5.82 Å². The highest BCUT2D eigenvalue weighted by atomic mass is 35.5. The number of anilines is 1. The molecule has 1 aromatic rings. The maximum atomic E-state index is 6.27. The van der Waals surface area contributed by atoms with E-state index < -0.39 is 0 Å². The summed E-state index contributed by atoms with van der Waals surface area (Å²) < 4.78 is 0. The molecule has 2 rings (SSSR count). The van der Waals surface area contributed by atoms with Gasteiger partial charge in [-0.25, -0.2) is 4.98 Å². The molecule has 1 heterocycles. The molecule has 0 bridgehead atoms. The van der Waals surface area contributed by atoms with Crippen molar-refractivity contribution in [2.75, 3.05) is 11.9 Å². The number of halogens is 1. The molecule has 1 N–H and O–H groups in total. The fourth-order valence-corrected chi connectivity index (χ4v) is 1.94. The number of rotatable bonds is 5. The Morgan fingerprint density at radius 1 is 1.53 bits per heavy atom. The monoisotopic (exact) mass is 253 g/mol. The molecule has 0 amide bonds. The van der Waals surface area contributed by atoms with Crippen molar-refractivity contribution in [3.63, 3.8) is 0 Å². The van der Waals surface area contributed by atoms with Crippen LogP contribution in [0.4, 0.5) is 5.82 Å². The van der Waals surface area contributed by atoms with Gasteiger partial charge in [0.25, 0.3) is 0 Å². The van der Waals surface area contributed by atoms with Crippen LogP contribution in [-0.4, -0.2) is 24.1 Å². The van der Waals surface area contributed by atoms with E-state index in [1.54, 1.807) is 0 Å². The molecule has 0 aliphatic heterocycles. The van der Waals surface area contributed by atoms with Crippen LogP contribution in [0.3, 0.4) is 0 Å². The number of pyridine rings is 1. The Kier molecular flexibility index (Phi) is 3.89. The molecule has 0 spiro atoms. The third-order valence-electron chi connectivity index (χ3n) is 3.16. The van der Waals surface area contributed by atoms with Gasteiger partial charge in [-0.15, -0.1) is 0 Å². The Hall–Kier alpha value is -0.800. The van der Waals surface area contributed by atoms with Crippen LogP contribution in [0.25, 0.3) is 0 Å². The molecule has 4 heteroatoms. The van der Waals surface area contributed by atoms with E-state index in [2.05, 4.69) is 29.0 Å². The van der Waals surface area contributed by atoms with Crippen molar-refractivity contribution in [2.45, 2.75) is 45.3 Å². The van der Waals surface area contributed by atoms with Gasteiger partial charge in [-0.1, -0.05) is 11.6 Å². The van der Waals surface area contributed by atoms with Crippen LogP contribution in [-0.2, 0) is 6.54 Å². The second kappa shape index (κ2) is 5.23. The number of hydrogen-bond acceptors (Lipinski definition) is 3. The van der Waals surface area contributed by atoms with Crippen molar-refractivity contribution in [2.24, 2.45) is 0 Å². The van der Waals surface area contributed by atoms with Crippen molar-refractivity contribution in [1.29, 1.82) is 0 Å². The zero-order valence-corrected chi connectivity index (χ0v) is 11.5. The van der Waals surface area contributed by atoms with Crippen LogP contribution in [0, 0.1) is 0 Å². The fraction of sp³-hybridized carbons (Fsp3) is 0.615. The SMILES string of the molecule is CC(C)N(C)c1ncc(CNC2CC2)cc1Cl. The summed E-state index contributed by atoms with van der Waals surface area (Å²) in [5.74, 6) is 0.858. The lowest BCUT2D eigenvalue weighted by molar-refractivity contribution is 0.684. The van der Waals surface area contributed by atoms with Gasteiger partial charge >= 0.3 is 0 Å². The Labute approximate surface area is 108 Å². The van der Waals surface area contributed by atoms with Gasteiger partial charge in [0, 0.05) is 31.9 Å². The summed E-state index contributed by atoms with van der Waals surface area (Å²) in [7, 11) is 2.01. The summed E-state index contributed by atoms with van der Waals surface area (Å²) in [4.78, 5) is 6.54. The molecule has 1 fully saturated rings. The summed E-state index contributed by atoms with van der Waals surface area (Å²) in [5.41, 5.74) is 1.16. The molecule has 1 aromatic heterocycles. The molecule has 3 nitrogen and oxygen atoms in total. The Morgan fingerprint density at radius 3 is 2.76 bits per heavy atom. The highest BCUT2D eigenvalue weighted by molar-refractivity contribution is 6.33. The third-order valence-corrected chi connectivity index (χ3v) is 3.44. The average molecular weight is 254 g/mol.